The van der Waals surface area contributed by atoms with Crippen LogP contribution in [-0.4, -0.2) is 34.1 Å². The molecule has 1 saturated carbocycles. The Morgan fingerprint density at radius 1 is 1.50 bits per heavy atom. The maximum Gasteiger partial charge on any atom is 0.339 e. The van der Waals surface area contributed by atoms with Crippen LogP contribution < -0.4 is 10.5 Å². The van der Waals surface area contributed by atoms with Crippen molar-refractivity contribution in [1.29, 1.82) is 0 Å². The fourth-order valence-electron chi connectivity index (χ4n) is 2.10. The number of nitrogens with two attached hydrogens (primary N) is 1. The Balaban J connectivity index is 0.00000242. The molecule has 0 amide bonds. The molecule has 1 aromatic rings. The lowest BCUT2D eigenvalue weighted by Crippen LogP contribution is -2.42. The van der Waals surface area contributed by atoms with Gasteiger partial charge in [-0.15, -0.1) is 12.4 Å². The van der Waals surface area contributed by atoms with Crippen LogP contribution >= 0.6 is 12.4 Å². The number of methoxy groups -OCH3 is 1. The molecule has 9 heteroatoms. The van der Waals surface area contributed by atoms with E-state index in [1.165, 1.54) is 0 Å². The lowest BCUT2D eigenvalue weighted by Gasteiger charge is -2.17. The number of sulfonamides is 1. The minimum Gasteiger partial charge on any atom is -0.465 e. The average molecular weight is 353 g/mol. The molecule has 0 radical (unpaired) electrons. The number of hydrogen-bond donors (Lipinski definition) is 2. The van der Waals surface area contributed by atoms with Gasteiger partial charge in [0.1, 0.15) is 5.82 Å². The van der Waals surface area contributed by atoms with Gasteiger partial charge in [-0.3, -0.25) is 0 Å². The predicted molar refractivity (Wildman–Crippen MR) is 80.9 cm³/mol. The largest absolute Gasteiger partial charge is 0.465 e. The van der Waals surface area contributed by atoms with Crippen LogP contribution in [0, 0.1) is 11.7 Å². The molecular weight excluding hydrogens is 335 g/mol. The molecule has 1 aliphatic carbocycles. The summed E-state index contributed by atoms with van der Waals surface area (Å²) >= 11 is 0. The van der Waals surface area contributed by atoms with Crippen molar-refractivity contribution in [1.82, 2.24) is 4.72 Å². The number of carbonyl (C=O) groups excluding carboxylic acids is 1. The highest BCUT2D eigenvalue weighted by Crippen LogP contribution is 2.33. The lowest BCUT2D eigenvalue weighted by molar-refractivity contribution is 0.0595. The average Bonchev–Trinajstić information content (AvgIpc) is 3.28. The van der Waals surface area contributed by atoms with Crippen molar-refractivity contribution in [3.63, 3.8) is 0 Å². The van der Waals surface area contributed by atoms with Gasteiger partial charge in [0.2, 0.25) is 10.0 Å². The molecular formula is C13H18ClFN2O4S. The minimum absolute atomic E-state index is 0. The summed E-state index contributed by atoms with van der Waals surface area (Å²) in [6, 6.07) is 2.49. The molecule has 3 N–H and O–H groups in total. The topological polar surface area (TPSA) is 98.5 Å². The van der Waals surface area contributed by atoms with Crippen LogP contribution in [0.1, 0.15) is 23.2 Å². The molecule has 0 aromatic heterocycles. The third kappa shape index (κ3) is 4.16. The van der Waals surface area contributed by atoms with Crippen molar-refractivity contribution in [2.24, 2.45) is 11.7 Å². The van der Waals surface area contributed by atoms with Crippen LogP contribution in [-0.2, 0) is 14.8 Å². The van der Waals surface area contributed by atoms with Gasteiger partial charge in [0, 0.05) is 12.6 Å². The van der Waals surface area contributed by atoms with Crippen molar-refractivity contribution < 1.29 is 22.3 Å². The summed E-state index contributed by atoms with van der Waals surface area (Å²) in [5.41, 5.74) is 5.23. The van der Waals surface area contributed by atoms with Crippen molar-refractivity contribution in [2.75, 3.05) is 13.7 Å². The number of esters is 1. The second kappa shape index (κ2) is 7.36. The van der Waals surface area contributed by atoms with E-state index in [9.17, 15) is 17.6 Å². The quantitative estimate of drug-likeness (QED) is 0.746. The molecule has 1 unspecified atom stereocenters. The van der Waals surface area contributed by atoms with Crippen molar-refractivity contribution in [3.8, 4) is 0 Å². The second-order valence-electron chi connectivity index (χ2n) is 4.93. The zero-order chi connectivity index (χ0) is 15.6. The Morgan fingerprint density at radius 2 is 2.14 bits per heavy atom. The van der Waals surface area contributed by atoms with Crippen LogP contribution in [0.15, 0.2) is 23.1 Å². The van der Waals surface area contributed by atoms with E-state index in [1.54, 1.807) is 0 Å². The highest BCUT2D eigenvalue weighted by molar-refractivity contribution is 7.89. The molecule has 0 spiro atoms. The summed E-state index contributed by atoms with van der Waals surface area (Å²) < 4.78 is 45.0. The van der Waals surface area contributed by atoms with Crippen LogP contribution in [0.25, 0.3) is 0 Å². The number of ether oxygens (including phenoxy) is 1. The van der Waals surface area contributed by atoms with E-state index in [0.717, 1.165) is 38.2 Å². The molecule has 6 nitrogen and oxygen atoms in total. The van der Waals surface area contributed by atoms with Gasteiger partial charge in [-0.25, -0.2) is 22.3 Å². The van der Waals surface area contributed by atoms with Gasteiger partial charge in [-0.1, -0.05) is 0 Å². The summed E-state index contributed by atoms with van der Waals surface area (Å²) in [5.74, 6) is -1.41. The van der Waals surface area contributed by atoms with Crippen LogP contribution in [0.5, 0.6) is 0 Å². The van der Waals surface area contributed by atoms with Crippen molar-refractivity contribution in [3.05, 3.63) is 29.6 Å². The Bertz CT molecular complexity index is 649. The van der Waals surface area contributed by atoms with Crippen molar-refractivity contribution in [2.45, 2.75) is 23.8 Å². The zero-order valence-corrected chi connectivity index (χ0v) is 13.5. The lowest BCUT2D eigenvalue weighted by atomic mass is 10.2. The highest BCUT2D eigenvalue weighted by Gasteiger charge is 2.34. The monoisotopic (exact) mass is 352 g/mol. The molecule has 1 aromatic carbocycles. The van der Waals surface area contributed by atoms with Crippen molar-refractivity contribution >= 4 is 28.4 Å². The fraction of sp³-hybridized carbons (Fsp3) is 0.462. The molecule has 0 bridgehead atoms. The number of rotatable bonds is 6. The first-order chi connectivity index (χ1) is 9.89. The van der Waals surface area contributed by atoms with Gasteiger partial charge in [0.25, 0.3) is 0 Å². The van der Waals surface area contributed by atoms with Crippen LogP contribution in [0.2, 0.25) is 0 Å². The Labute approximate surface area is 134 Å². The van der Waals surface area contributed by atoms with E-state index in [-0.39, 0.29) is 41.4 Å². The Morgan fingerprint density at radius 3 is 2.64 bits per heavy atom. The molecule has 22 heavy (non-hydrogen) atoms. The van der Waals surface area contributed by atoms with Gasteiger partial charge in [0.05, 0.1) is 17.6 Å². The fourth-order valence-corrected chi connectivity index (χ4v) is 3.60. The molecule has 0 heterocycles. The molecule has 1 atom stereocenters. The van der Waals surface area contributed by atoms with Crippen LogP contribution in [0.4, 0.5) is 4.39 Å². The zero-order valence-electron chi connectivity index (χ0n) is 11.9. The Kier molecular flexibility index (Phi) is 6.30. The van der Waals surface area contributed by atoms with Crippen LogP contribution in [0.3, 0.4) is 0 Å². The third-order valence-corrected chi connectivity index (χ3v) is 4.94. The standard InChI is InChI=1S/C13H17FN2O4S.ClH/c1-20-13(17)10-6-9(14)4-5-12(10)21(18,19)16-11(7-15)8-2-3-8;/h4-6,8,11,16H,2-3,7,15H2,1H3;1H. The number of hydrogen-bond acceptors (Lipinski definition) is 5. The summed E-state index contributed by atoms with van der Waals surface area (Å²) in [5, 5.41) is 0. The molecule has 124 valence electrons. The maximum absolute atomic E-state index is 13.3. The second-order valence-corrected chi connectivity index (χ2v) is 6.62. The maximum atomic E-state index is 13.3. The van der Waals surface area contributed by atoms with E-state index >= 15 is 0 Å². The van der Waals surface area contributed by atoms with E-state index in [1.807, 2.05) is 0 Å². The van der Waals surface area contributed by atoms with Gasteiger partial charge in [0.15, 0.2) is 0 Å². The number of carbonyl (C=O) groups is 1. The van der Waals surface area contributed by atoms with E-state index in [0.29, 0.717) is 0 Å². The smallest absolute Gasteiger partial charge is 0.339 e. The molecule has 0 aliphatic heterocycles. The summed E-state index contributed by atoms with van der Waals surface area (Å²) in [6.07, 6.45) is 1.83. The first-order valence-electron chi connectivity index (χ1n) is 6.49. The Hall–Kier alpha value is -1.22. The molecule has 2 rings (SSSR count). The summed E-state index contributed by atoms with van der Waals surface area (Å²) in [4.78, 5) is 11.3. The normalized spacial score (nSPS) is 15.8. The highest BCUT2D eigenvalue weighted by atomic mass is 35.5. The SMILES string of the molecule is COC(=O)c1cc(F)ccc1S(=O)(=O)NC(CN)C1CC1.Cl. The van der Waals surface area contributed by atoms with Gasteiger partial charge in [-0.2, -0.15) is 0 Å². The minimum atomic E-state index is -3.98. The molecule has 0 saturated heterocycles. The number of benzene rings is 1. The van der Waals surface area contributed by atoms with E-state index < -0.39 is 21.8 Å². The molecule has 1 fully saturated rings. The summed E-state index contributed by atoms with van der Waals surface area (Å²) in [7, 11) is -2.88. The number of halogens is 2. The van der Waals surface area contributed by atoms with Gasteiger partial charge < -0.3 is 10.5 Å². The summed E-state index contributed by atoms with van der Waals surface area (Å²) in [6.45, 7) is 0.165. The van der Waals surface area contributed by atoms with Gasteiger partial charge in [-0.05, 0) is 37.0 Å². The van der Waals surface area contributed by atoms with E-state index in [2.05, 4.69) is 9.46 Å². The van der Waals surface area contributed by atoms with Gasteiger partial charge >= 0.3 is 5.97 Å². The first kappa shape index (κ1) is 18.8. The third-order valence-electron chi connectivity index (χ3n) is 3.39. The molecule has 1 aliphatic rings. The number of nitrogens with one attached hydrogen (secondary N) is 1. The first-order valence-corrected chi connectivity index (χ1v) is 7.97. The predicted octanol–water partition coefficient (Wildman–Crippen LogP) is 1.05. The van der Waals surface area contributed by atoms with E-state index in [4.69, 9.17) is 5.73 Å².